The molecule has 7 nitrogen and oxygen atoms in total. The Bertz CT molecular complexity index is 1220. The van der Waals surface area contributed by atoms with Gasteiger partial charge in [0.05, 0.1) is 22.7 Å². The zero-order valence-electron chi connectivity index (χ0n) is 18.1. The van der Waals surface area contributed by atoms with Crippen LogP contribution in [0.3, 0.4) is 0 Å². The van der Waals surface area contributed by atoms with Crippen LogP contribution in [-0.4, -0.2) is 40.2 Å². The lowest BCUT2D eigenvalue weighted by atomic mass is 9.90. The van der Waals surface area contributed by atoms with E-state index in [2.05, 4.69) is 27.2 Å². The Labute approximate surface area is 201 Å². The fourth-order valence-electron chi connectivity index (χ4n) is 4.14. The highest BCUT2D eigenvalue weighted by Crippen LogP contribution is 2.45. The second-order valence-electron chi connectivity index (χ2n) is 7.92. The van der Waals surface area contributed by atoms with Gasteiger partial charge in [0.2, 0.25) is 11.9 Å². The van der Waals surface area contributed by atoms with Gasteiger partial charge < -0.3 is 20.5 Å². The molecule has 172 valence electrons. The largest absolute Gasteiger partial charge is 0.506 e. The van der Waals surface area contributed by atoms with Crippen LogP contribution < -0.4 is 15.4 Å². The summed E-state index contributed by atoms with van der Waals surface area (Å²) in [7, 11) is 1.47. The van der Waals surface area contributed by atoms with E-state index >= 15 is 0 Å². The minimum Gasteiger partial charge on any atom is -0.506 e. The van der Waals surface area contributed by atoms with Crippen molar-refractivity contribution in [2.75, 3.05) is 12.4 Å². The number of halogens is 2. The number of benzene rings is 2. The number of amides is 1. The number of nitrogens with one attached hydrogen (secondary N) is 2. The molecule has 1 aliphatic rings. The summed E-state index contributed by atoms with van der Waals surface area (Å²) in [6.45, 7) is 3.53. The molecule has 33 heavy (non-hydrogen) atoms. The number of phenols is 1. The first-order valence-electron chi connectivity index (χ1n) is 10.6. The van der Waals surface area contributed by atoms with Gasteiger partial charge in [0.15, 0.2) is 0 Å². The summed E-state index contributed by atoms with van der Waals surface area (Å²) >= 11 is 12.8. The number of phenolic OH excluding ortho intramolecular Hbond substituents is 1. The number of hydrogen-bond acceptors (Lipinski definition) is 6. The van der Waals surface area contributed by atoms with Gasteiger partial charge in [-0.2, -0.15) is 0 Å². The Morgan fingerprint density at radius 1 is 1.21 bits per heavy atom. The van der Waals surface area contributed by atoms with Gasteiger partial charge in [0.1, 0.15) is 11.5 Å². The number of rotatable bonds is 6. The lowest BCUT2D eigenvalue weighted by Gasteiger charge is -2.32. The van der Waals surface area contributed by atoms with Crippen LogP contribution in [0.15, 0.2) is 43.1 Å². The highest BCUT2D eigenvalue weighted by atomic mass is 35.5. The number of ether oxygens (including phenoxy) is 1. The lowest BCUT2D eigenvalue weighted by molar-refractivity contribution is -0.117. The molecule has 4 rings (SSSR count). The lowest BCUT2D eigenvalue weighted by Crippen LogP contribution is -2.48. The highest BCUT2D eigenvalue weighted by molar-refractivity contribution is 6.41. The van der Waals surface area contributed by atoms with E-state index in [0.29, 0.717) is 27.8 Å². The molecule has 0 bridgehead atoms. The van der Waals surface area contributed by atoms with E-state index in [-0.39, 0.29) is 28.8 Å². The molecule has 1 fully saturated rings. The average molecular weight is 487 g/mol. The van der Waals surface area contributed by atoms with Crippen molar-refractivity contribution < 1.29 is 14.6 Å². The zero-order valence-corrected chi connectivity index (χ0v) is 19.6. The van der Waals surface area contributed by atoms with Crippen molar-refractivity contribution in [2.45, 2.75) is 37.8 Å². The van der Waals surface area contributed by atoms with E-state index in [1.165, 1.54) is 19.3 Å². The third-order valence-electron chi connectivity index (χ3n) is 5.83. The number of carbonyl (C=O) groups is 1. The van der Waals surface area contributed by atoms with E-state index in [9.17, 15) is 9.90 Å². The summed E-state index contributed by atoms with van der Waals surface area (Å²) in [5.74, 6) is 0.529. The van der Waals surface area contributed by atoms with E-state index in [1.807, 2.05) is 18.2 Å². The second-order valence-corrected chi connectivity index (χ2v) is 8.68. The number of hydrogen-bond donors (Lipinski definition) is 3. The zero-order chi connectivity index (χ0) is 23.5. The monoisotopic (exact) mass is 486 g/mol. The van der Waals surface area contributed by atoms with E-state index in [1.54, 1.807) is 6.20 Å². The topological polar surface area (TPSA) is 96.4 Å². The van der Waals surface area contributed by atoms with Gasteiger partial charge in [0, 0.05) is 35.3 Å². The summed E-state index contributed by atoms with van der Waals surface area (Å²) in [6, 6.07) is 6.95. The third-order valence-corrected chi connectivity index (χ3v) is 6.59. The van der Waals surface area contributed by atoms with Crippen molar-refractivity contribution in [2.24, 2.45) is 0 Å². The van der Waals surface area contributed by atoms with Crippen LogP contribution in [0.25, 0.3) is 22.0 Å². The number of methoxy groups -OCH3 is 1. The number of carbonyl (C=O) groups excluding carboxylic acids is 1. The average Bonchev–Trinajstić information content (AvgIpc) is 2.82. The predicted molar refractivity (Wildman–Crippen MR) is 131 cm³/mol. The van der Waals surface area contributed by atoms with Gasteiger partial charge in [0.25, 0.3) is 0 Å². The number of aromatic hydroxyl groups is 1. The first-order chi connectivity index (χ1) is 15.9. The smallest absolute Gasteiger partial charge is 0.243 e. The van der Waals surface area contributed by atoms with Crippen LogP contribution >= 0.6 is 23.2 Å². The van der Waals surface area contributed by atoms with Crippen molar-refractivity contribution in [3.63, 3.8) is 0 Å². The van der Waals surface area contributed by atoms with Crippen molar-refractivity contribution in [3.8, 4) is 22.6 Å². The van der Waals surface area contributed by atoms with Crippen LogP contribution in [0.2, 0.25) is 10.0 Å². The van der Waals surface area contributed by atoms with Crippen LogP contribution in [0.1, 0.15) is 25.7 Å². The Morgan fingerprint density at radius 2 is 1.97 bits per heavy atom. The second kappa shape index (κ2) is 9.85. The maximum atomic E-state index is 11.8. The highest BCUT2D eigenvalue weighted by Gasteiger charge is 2.26. The molecule has 2 atom stereocenters. The molecule has 0 radical (unpaired) electrons. The molecule has 1 aliphatic carbocycles. The third kappa shape index (κ3) is 4.84. The molecule has 3 aromatic rings. The Hall–Kier alpha value is -3.03. The molecule has 9 heteroatoms. The predicted octanol–water partition coefficient (Wildman–Crippen LogP) is 5.34. The van der Waals surface area contributed by atoms with Gasteiger partial charge in [-0.1, -0.05) is 48.7 Å². The fourth-order valence-corrected chi connectivity index (χ4v) is 4.78. The molecular formula is C24H24Cl2N4O3. The normalized spacial score (nSPS) is 18.0. The summed E-state index contributed by atoms with van der Waals surface area (Å²) in [5, 5.41) is 17.8. The van der Waals surface area contributed by atoms with E-state index < -0.39 is 0 Å². The molecule has 0 spiro atoms. The molecule has 1 aromatic heterocycles. The fraction of sp³-hybridized carbons (Fsp3) is 0.292. The minimum atomic E-state index is -0.179. The SMILES string of the molecule is C=CC(=O)N[C@H]1CCCC[C@H]1Nc1ncc2cc(-c3c(Cl)c(O)cc(OC)c3Cl)ccc2n1. The van der Waals surface area contributed by atoms with E-state index in [4.69, 9.17) is 27.9 Å². The Kier molecular flexibility index (Phi) is 6.91. The Balaban J connectivity index is 1.62. The summed E-state index contributed by atoms with van der Waals surface area (Å²) in [6.07, 6.45) is 6.95. The summed E-state index contributed by atoms with van der Waals surface area (Å²) in [5.41, 5.74) is 1.91. The summed E-state index contributed by atoms with van der Waals surface area (Å²) < 4.78 is 5.24. The molecule has 0 unspecified atom stereocenters. The van der Waals surface area contributed by atoms with Crippen LogP contribution in [-0.2, 0) is 4.79 Å². The minimum absolute atomic E-state index is 0.00375. The van der Waals surface area contributed by atoms with Gasteiger partial charge in [-0.3, -0.25) is 4.79 Å². The van der Waals surface area contributed by atoms with Gasteiger partial charge in [-0.05, 0) is 36.6 Å². The van der Waals surface area contributed by atoms with Crippen molar-refractivity contribution in [1.82, 2.24) is 15.3 Å². The number of nitrogens with zero attached hydrogens (tertiary/aromatic N) is 2. The Morgan fingerprint density at radius 3 is 2.70 bits per heavy atom. The van der Waals surface area contributed by atoms with E-state index in [0.717, 1.165) is 36.6 Å². The molecule has 1 amide bonds. The molecule has 1 heterocycles. The molecule has 2 aromatic carbocycles. The maximum absolute atomic E-state index is 11.8. The molecular weight excluding hydrogens is 463 g/mol. The molecule has 1 saturated carbocycles. The maximum Gasteiger partial charge on any atom is 0.243 e. The van der Waals surface area contributed by atoms with Crippen molar-refractivity contribution in [1.29, 1.82) is 0 Å². The first kappa shape index (κ1) is 23.1. The van der Waals surface area contributed by atoms with Crippen LogP contribution in [0.5, 0.6) is 11.5 Å². The summed E-state index contributed by atoms with van der Waals surface area (Å²) in [4.78, 5) is 20.9. The van der Waals surface area contributed by atoms with Crippen LogP contribution in [0.4, 0.5) is 5.95 Å². The first-order valence-corrected chi connectivity index (χ1v) is 11.4. The molecule has 3 N–H and O–H groups in total. The quantitative estimate of drug-likeness (QED) is 0.406. The molecule has 0 saturated heterocycles. The van der Waals surface area contributed by atoms with Gasteiger partial charge in [-0.25, -0.2) is 9.97 Å². The van der Waals surface area contributed by atoms with Gasteiger partial charge in [-0.15, -0.1) is 0 Å². The van der Waals surface area contributed by atoms with Crippen molar-refractivity contribution >= 4 is 46.0 Å². The molecule has 0 aliphatic heterocycles. The number of anilines is 1. The van der Waals surface area contributed by atoms with Gasteiger partial charge >= 0.3 is 0 Å². The van der Waals surface area contributed by atoms with Crippen LogP contribution in [0, 0.1) is 0 Å². The number of aromatic nitrogens is 2. The number of fused-ring (bicyclic) bond motifs is 1. The van der Waals surface area contributed by atoms with Crippen molar-refractivity contribution in [3.05, 3.63) is 53.2 Å². The standard InChI is InChI=1S/C24H24Cl2N4O3/c1-3-20(32)28-16-6-4-5-7-17(16)30-24-27-12-14-10-13(8-9-15(14)29-24)21-22(25)18(31)11-19(33-2)23(21)26/h3,8-12,16-17,31H,1,4-7H2,2H3,(H,28,32)(H,27,29,30)/t16-,17+/m0/s1.